The molecular weight excluding hydrogens is 948 g/mol. The highest BCUT2D eigenvalue weighted by atomic mass is 32.1. The number of amides is 2. The topological polar surface area (TPSA) is 282 Å². The zero-order valence-corrected chi connectivity index (χ0v) is 41.7. The Balaban J connectivity index is 0.756. The Hall–Kier alpha value is -7.10. The van der Waals surface area contributed by atoms with Crippen LogP contribution in [0.3, 0.4) is 0 Å². The molecule has 2 aliphatic heterocycles. The zero-order chi connectivity index (χ0) is 50.8. The molecule has 0 spiro atoms. The Labute approximate surface area is 419 Å². The van der Waals surface area contributed by atoms with Crippen molar-refractivity contribution in [1.82, 2.24) is 65.0 Å². The number of aryl methyl sites for hydroxylation is 1. The molecule has 6 atom stereocenters. The maximum Gasteiger partial charge on any atom is 0.253 e. The van der Waals surface area contributed by atoms with Crippen LogP contribution in [0.1, 0.15) is 113 Å². The lowest BCUT2D eigenvalue weighted by molar-refractivity contribution is -0.142. The molecule has 2 amide bonds. The van der Waals surface area contributed by atoms with E-state index in [0.29, 0.717) is 40.5 Å². The summed E-state index contributed by atoms with van der Waals surface area (Å²) in [6.07, 6.45) is 9.95. The van der Waals surface area contributed by atoms with E-state index in [2.05, 4.69) is 58.6 Å². The first-order chi connectivity index (χ1) is 34.6. The number of likely N-dealkylation sites (tertiary alicyclic amines) is 1. The average molecular weight is 1010 g/mol. The fourth-order valence-electron chi connectivity index (χ4n) is 10.3. The second-order valence-electron chi connectivity index (χ2n) is 19.4. The maximum atomic E-state index is 15.1. The number of anilines is 2. The van der Waals surface area contributed by atoms with Crippen molar-refractivity contribution in [2.24, 2.45) is 5.92 Å². The van der Waals surface area contributed by atoms with Crippen LogP contribution in [0.4, 0.5) is 15.3 Å². The summed E-state index contributed by atoms with van der Waals surface area (Å²) in [4.78, 5) is 53.2. The number of aliphatic hydroxyl groups is 1. The summed E-state index contributed by atoms with van der Waals surface area (Å²) in [5, 5.41) is 51.4. The van der Waals surface area contributed by atoms with Gasteiger partial charge in [-0.1, -0.05) is 29.3 Å². The predicted octanol–water partition coefficient (Wildman–Crippen LogP) is 4.50. The van der Waals surface area contributed by atoms with Crippen LogP contribution in [0.2, 0.25) is 0 Å². The molecule has 7 heterocycles. The number of carbonyl (C=O) groups is 2. The highest BCUT2D eigenvalue weighted by Crippen LogP contribution is 2.48. The van der Waals surface area contributed by atoms with Gasteiger partial charge in [-0.05, 0) is 90.4 Å². The number of nitrogens with one attached hydrogen (secondary N) is 1. The number of phenolic OH excluding ortho intramolecular Hbond substituents is 1. The highest BCUT2D eigenvalue weighted by molar-refractivity contribution is 7.16. The lowest BCUT2D eigenvalue weighted by atomic mass is 9.72. The summed E-state index contributed by atoms with van der Waals surface area (Å²) in [5.74, 6) is -0.554. The van der Waals surface area contributed by atoms with Gasteiger partial charge in [0.25, 0.3) is 5.88 Å². The van der Waals surface area contributed by atoms with E-state index in [4.69, 9.17) is 25.0 Å². The van der Waals surface area contributed by atoms with Gasteiger partial charge in [0.2, 0.25) is 29.5 Å². The first-order valence-electron chi connectivity index (χ1n) is 24.3. The van der Waals surface area contributed by atoms with Gasteiger partial charge in [0, 0.05) is 60.4 Å². The Morgan fingerprint density at radius 1 is 1.17 bits per heavy atom. The van der Waals surface area contributed by atoms with E-state index in [1.54, 1.807) is 25.4 Å². The first kappa shape index (κ1) is 49.9. The highest BCUT2D eigenvalue weighted by Gasteiger charge is 2.45. The van der Waals surface area contributed by atoms with Crippen molar-refractivity contribution in [3.8, 4) is 34.9 Å². The second-order valence-corrected chi connectivity index (χ2v) is 20.5. The normalized spacial score (nSPS) is 21.3. The number of halogens is 1. The van der Waals surface area contributed by atoms with Gasteiger partial charge in [0.1, 0.15) is 58.8 Å². The van der Waals surface area contributed by atoms with Crippen LogP contribution >= 0.6 is 11.3 Å². The zero-order valence-electron chi connectivity index (χ0n) is 40.8. The van der Waals surface area contributed by atoms with E-state index in [-0.39, 0.29) is 47.8 Å². The van der Waals surface area contributed by atoms with Crippen molar-refractivity contribution < 1.29 is 33.5 Å². The van der Waals surface area contributed by atoms with Crippen LogP contribution in [0.5, 0.6) is 11.6 Å². The number of β-amino-alcohol motifs (C(OH)–C–C–N with tert-alkyl or cyclic N) is 1. The number of carbonyl (C=O) groups excluding carboxylic acids is 2. The van der Waals surface area contributed by atoms with Gasteiger partial charge in [0.15, 0.2) is 0 Å². The van der Waals surface area contributed by atoms with Gasteiger partial charge in [-0.2, -0.15) is 15.3 Å². The van der Waals surface area contributed by atoms with Crippen molar-refractivity contribution in [3.63, 3.8) is 0 Å². The molecule has 72 heavy (non-hydrogen) atoms. The molecule has 0 saturated carbocycles. The number of aromatic nitrogens is 10. The van der Waals surface area contributed by atoms with E-state index < -0.39 is 47.3 Å². The third-order valence-corrected chi connectivity index (χ3v) is 15.0. The average Bonchev–Trinajstić information content (AvgIpc) is 4.22. The summed E-state index contributed by atoms with van der Waals surface area (Å²) in [6.45, 7) is 13.2. The van der Waals surface area contributed by atoms with Crippen LogP contribution in [-0.4, -0.2) is 139 Å². The lowest BCUT2D eigenvalue weighted by Gasteiger charge is -2.30. The van der Waals surface area contributed by atoms with E-state index in [1.807, 2.05) is 20.8 Å². The summed E-state index contributed by atoms with van der Waals surface area (Å²) in [7, 11) is 0. The van der Waals surface area contributed by atoms with Crippen LogP contribution in [-0.2, 0) is 21.4 Å². The number of hydrogen-bond donors (Lipinski definition) is 4. The molecule has 1 aliphatic carbocycles. The van der Waals surface area contributed by atoms with Crippen molar-refractivity contribution in [3.05, 3.63) is 76.5 Å². The summed E-state index contributed by atoms with van der Waals surface area (Å²) in [5.41, 5.74) is 7.66. The molecule has 2 fully saturated rings. The number of unbranched alkanes of at least 4 members (excludes halogenated alkanes) is 1. The van der Waals surface area contributed by atoms with Crippen LogP contribution in [0.15, 0.2) is 47.8 Å². The van der Waals surface area contributed by atoms with Crippen LogP contribution < -0.4 is 20.7 Å². The molecule has 3 aliphatic rings. The van der Waals surface area contributed by atoms with Crippen molar-refractivity contribution >= 4 is 34.1 Å². The van der Waals surface area contributed by atoms with Gasteiger partial charge in [0.05, 0.1) is 35.9 Å². The molecule has 5 aromatic heterocycles. The van der Waals surface area contributed by atoms with E-state index in [0.717, 1.165) is 81.2 Å². The maximum absolute atomic E-state index is 15.1. The fourth-order valence-corrected chi connectivity index (χ4v) is 11.5. The number of hydrogen-bond acceptors (Lipinski definition) is 19. The molecular formula is C48H59FN16O6S. The third-order valence-electron chi connectivity index (χ3n) is 13.9. The molecule has 0 unspecified atom stereocenters. The largest absolute Gasteiger partial charge is 0.508 e. The minimum absolute atomic E-state index is 0.00564. The minimum atomic E-state index is -1.03. The molecule has 380 valence electrons. The van der Waals surface area contributed by atoms with Crippen LogP contribution in [0, 0.1) is 23.1 Å². The molecule has 6 aromatic rings. The Morgan fingerprint density at radius 2 is 2.00 bits per heavy atom. The van der Waals surface area contributed by atoms with Gasteiger partial charge < -0.3 is 45.2 Å². The number of nitrogens with zero attached hydrogens (tertiary/aromatic N) is 14. The lowest BCUT2D eigenvalue weighted by Crippen LogP contribution is -2.49. The summed E-state index contributed by atoms with van der Waals surface area (Å²) >= 11 is 1.46. The summed E-state index contributed by atoms with van der Waals surface area (Å²) in [6, 6.07) is 3.77. The van der Waals surface area contributed by atoms with Crippen molar-refractivity contribution in [1.29, 1.82) is 5.26 Å². The molecule has 9 rings (SSSR count). The molecule has 0 bridgehead atoms. The number of fused-ring (bicyclic) bond motifs is 1. The quantitative estimate of drug-likeness (QED) is 0.0971. The number of aliphatic hydroxyl groups excluding tert-OH is 1. The fraction of sp³-hybridized carbons (Fsp3) is 0.521. The monoisotopic (exact) mass is 1010 g/mol. The minimum Gasteiger partial charge on any atom is -0.508 e. The Bertz CT molecular complexity index is 2940. The van der Waals surface area contributed by atoms with Gasteiger partial charge in [-0.25, -0.2) is 28.7 Å². The number of nitriles is 1. The standard InChI is InChI=1S/C48H59FN16O6S/c1-27(2)41(45(69)63-23-30(66)18-36(63)44(68)55-29(4)31-19-33(49)35(20-37(31)67)65-26-52-25-54-65)64-24-39(58-60-64)70-17-7-6-14-61-15-9-16-62(28(3)22-61)47-53-13-11-34(56-47)43-57-46(71-59-43)48(5)12-8-10-38-40(48)32(21-50)42(51)72-38/h11,13,19-20,24-30,36,41,66-67H,6-10,12,14-18,22-23,51H2,1-5H3,(H,55,68)/t28-,29-,30+,36-,41-,48-/m0/s1. The number of nitrogen functional groups attached to an aromatic ring is 1. The number of rotatable bonds is 16. The number of nitrogens with two attached hydrogens (primary N) is 1. The van der Waals surface area contributed by atoms with Crippen molar-refractivity contribution in [2.75, 3.05) is 50.0 Å². The second kappa shape index (κ2) is 20.9. The molecule has 22 nitrogen and oxygen atoms in total. The number of benzene rings is 1. The third kappa shape index (κ3) is 10.0. The molecule has 1 aromatic carbocycles. The molecule has 5 N–H and O–H groups in total. The smallest absolute Gasteiger partial charge is 0.253 e. The molecule has 0 radical (unpaired) electrons. The number of aromatic hydroxyl groups is 1. The van der Waals surface area contributed by atoms with Gasteiger partial charge in [-0.15, -0.1) is 11.3 Å². The van der Waals surface area contributed by atoms with E-state index >= 15 is 4.39 Å². The Kier molecular flexibility index (Phi) is 14.5. The van der Waals surface area contributed by atoms with E-state index in [9.17, 15) is 25.1 Å². The molecule has 24 heteroatoms. The number of phenols is 1. The Morgan fingerprint density at radius 3 is 2.78 bits per heavy atom. The predicted molar refractivity (Wildman–Crippen MR) is 260 cm³/mol. The summed E-state index contributed by atoms with van der Waals surface area (Å²) < 4.78 is 29.6. The SMILES string of the molecule is CC(C)[C@@H](C(=O)N1C[C@H](O)C[C@H]1C(=O)N[C@@H](C)c1cc(F)c(-n2cncn2)cc1O)n1cc(OCCCCN2CCCN(c3nccc(-c4noc([C@@]5(C)CCCc6sc(N)c(C#N)c65)n4)n3)[C@@H](C)C2)nn1. The van der Waals surface area contributed by atoms with Gasteiger partial charge in [-0.3, -0.25) is 9.59 Å². The van der Waals surface area contributed by atoms with Crippen molar-refractivity contribution in [2.45, 2.75) is 115 Å². The molecule has 2 saturated heterocycles. The van der Waals surface area contributed by atoms with Gasteiger partial charge >= 0.3 is 0 Å². The van der Waals surface area contributed by atoms with E-state index in [1.165, 1.54) is 44.3 Å². The first-order valence-corrected chi connectivity index (χ1v) is 25.1. The number of thiophene rings is 1. The number of ether oxygens (including phenoxy) is 1. The van der Waals surface area contributed by atoms with Crippen LogP contribution in [0.25, 0.3) is 17.2 Å².